The van der Waals surface area contributed by atoms with E-state index in [2.05, 4.69) is 56.4 Å². The average molecular weight is 347 g/mol. The van der Waals surface area contributed by atoms with Gasteiger partial charge in [0, 0.05) is 25.8 Å². The molecule has 0 aliphatic carbocycles. The summed E-state index contributed by atoms with van der Waals surface area (Å²) in [7, 11) is 0. The van der Waals surface area contributed by atoms with E-state index in [9.17, 15) is 0 Å². The van der Waals surface area contributed by atoms with Gasteiger partial charge in [0.05, 0.1) is 5.39 Å². The van der Waals surface area contributed by atoms with Crippen molar-refractivity contribution in [1.29, 1.82) is 0 Å². The van der Waals surface area contributed by atoms with E-state index in [0.717, 1.165) is 48.9 Å². The molecule has 3 aromatic rings. The third-order valence-corrected chi connectivity index (χ3v) is 5.20. The second-order valence-corrected chi connectivity index (χ2v) is 7.06. The predicted octanol–water partition coefficient (Wildman–Crippen LogP) is 3.54. The van der Waals surface area contributed by atoms with Crippen LogP contribution >= 0.6 is 0 Å². The van der Waals surface area contributed by atoms with E-state index in [1.807, 2.05) is 19.1 Å². The summed E-state index contributed by atoms with van der Waals surface area (Å²) < 4.78 is 0. The molecule has 0 radical (unpaired) electrons. The van der Waals surface area contributed by atoms with Gasteiger partial charge in [-0.1, -0.05) is 24.3 Å². The van der Waals surface area contributed by atoms with Crippen LogP contribution in [0.5, 0.6) is 0 Å². The van der Waals surface area contributed by atoms with Gasteiger partial charge in [0.1, 0.15) is 11.6 Å². The zero-order valence-electron chi connectivity index (χ0n) is 15.4. The monoisotopic (exact) mass is 347 g/mol. The summed E-state index contributed by atoms with van der Waals surface area (Å²) in [4.78, 5) is 15.8. The Morgan fingerprint density at radius 2 is 2.00 bits per heavy atom. The van der Waals surface area contributed by atoms with Gasteiger partial charge >= 0.3 is 0 Å². The van der Waals surface area contributed by atoms with Crippen molar-refractivity contribution in [2.75, 3.05) is 31.5 Å². The zero-order valence-corrected chi connectivity index (χ0v) is 15.4. The lowest BCUT2D eigenvalue weighted by atomic mass is 9.94. The molecule has 1 aliphatic heterocycles. The van der Waals surface area contributed by atoms with Gasteiger partial charge in [0.25, 0.3) is 0 Å². The van der Waals surface area contributed by atoms with Gasteiger partial charge in [-0.15, -0.1) is 0 Å². The maximum atomic E-state index is 4.56. The molecule has 0 amide bonds. The molecule has 0 unspecified atom stereocenters. The Morgan fingerprint density at radius 1 is 1.12 bits per heavy atom. The smallest absolute Gasteiger partial charge is 0.164 e. The molecule has 2 aromatic heterocycles. The first-order valence-corrected chi connectivity index (χ1v) is 9.32. The average Bonchev–Trinajstić information content (AvgIpc) is 3.10. The minimum absolute atomic E-state index is 0.655. The van der Waals surface area contributed by atoms with Gasteiger partial charge < -0.3 is 10.2 Å². The summed E-state index contributed by atoms with van der Waals surface area (Å²) in [5.41, 5.74) is 3.67. The fourth-order valence-corrected chi connectivity index (χ4v) is 3.87. The molecule has 1 atom stereocenters. The number of aryl methyl sites for hydroxylation is 2. The molecule has 3 heterocycles. The first-order chi connectivity index (χ1) is 12.7. The van der Waals surface area contributed by atoms with Gasteiger partial charge in [0.2, 0.25) is 0 Å². The summed E-state index contributed by atoms with van der Waals surface area (Å²) in [6.45, 7) is 8.32. The lowest BCUT2D eigenvalue weighted by Crippen LogP contribution is -2.27. The first-order valence-electron chi connectivity index (χ1n) is 9.32. The molecule has 1 fully saturated rings. The minimum Gasteiger partial charge on any atom is -0.368 e. The van der Waals surface area contributed by atoms with E-state index in [-0.39, 0.29) is 0 Å². The maximum Gasteiger partial charge on any atom is 0.164 e. The molecule has 0 bridgehead atoms. The Bertz CT molecular complexity index is 908. The topological polar surface area (TPSA) is 53.9 Å². The molecule has 4 rings (SSSR count). The number of fused-ring (bicyclic) bond motifs is 1. The number of aromatic nitrogens is 3. The van der Waals surface area contributed by atoms with E-state index in [0.29, 0.717) is 5.92 Å². The quantitative estimate of drug-likeness (QED) is 0.765. The van der Waals surface area contributed by atoms with E-state index >= 15 is 0 Å². The van der Waals surface area contributed by atoms with Crippen LogP contribution in [-0.2, 0) is 0 Å². The Kier molecular flexibility index (Phi) is 4.80. The highest BCUT2D eigenvalue weighted by Crippen LogP contribution is 2.29. The highest BCUT2D eigenvalue weighted by atomic mass is 15.2. The summed E-state index contributed by atoms with van der Waals surface area (Å²) in [5.74, 6) is 2.29. The number of nitrogens with one attached hydrogen (secondary N) is 1. The van der Waals surface area contributed by atoms with Gasteiger partial charge in [-0.05, 0) is 56.0 Å². The van der Waals surface area contributed by atoms with Gasteiger partial charge in [-0.25, -0.2) is 15.0 Å². The second-order valence-electron chi connectivity index (χ2n) is 7.06. The SMILES string of the molecule is Cc1nc(NCCN2CC[C@@H](c3ccccc3C)C2)c2cccnc2n1. The van der Waals surface area contributed by atoms with Crippen molar-refractivity contribution in [3.63, 3.8) is 0 Å². The van der Waals surface area contributed by atoms with Crippen molar-refractivity contribution in [2.24, 2.45) is 0 Å². The number of rotatable bonds is 5. The van der Waals surface area contributed by atoms with E-state index in [1.165, 1.54) is 17.5 Å². The summed E-state index contributed by atoms with van der Waals surface area (Å²) in [6.07, 6.45) is 3.01. The van der Waals surface area contributed by atoms with Crippen molar-refractivity contribution in [2.45, 2.75) is 26.2 Å². The van der Waals surface area contributed by atoms with Gasteiger partial charge in [-0.2, -0.15) is 0 Å². The Balaban J connectivity index is 1.37. The first kappa shape index (κ1) is 16.9. The van der Waals surface area contributed by atoms with Gasteiger partial charge in [-0.3, -0.25) is 0 Å². The third kappa shape index (κ3) is 3.53. The van der Waals surface area contributed by atoms with E-state index in [1.54, 1.807) is 6.20 Å². The van der Waals surface area contributed by atoms with Crippen molar-refractivity contribution in [3.8, 4) is 0 Å². The van der Waals surface area contributed by atoms with Crippen LogP contribution in [0.15, 0.2) is 42.6 Å². The Labute approximate surface area is 154 Å². The van der Waals surface area contributed by atoms with Crippen LogP contribution in [0.2, 0.25) is 0 Å². The fraction of sp³-hybridized carbons (Fsp3) is 0.381. The van der Waals surface area contributed by atoms with Crippen LogP contribution in [0.1, 0.15) is 29.3 Å². The lowest BCUT2D eigenvalue weighted by Gasteiger charge is -2.18. The molecule has 1 saturated heterocycles. The van der Waals surface area contributed by atoms with Crippen LogP contribution in [0.4, 0.5) is 5.82 Å². The number of pyridine rings is 1. The molecule has 0 spiro atoms. The van der Waals surface area contributed by atoms with Crippen LogP contribution in [0, 0.1) is 13.8 Å². The minimum atomic E-state index is 0.655. The number of benzene rings is 1. The van der Waals surface area contributed by atoms with E-state index in [4.69, 9.17) is 0 Å². The maximum absolute atomic E-state index is 4.56. The van der Waals surface area contributed by atoms with Crippen LogP contribution in [-0.4, -0.2) is 46.0 Å². The van der Waals surface area contributed by atoms with Crippen LogP contribution < -0.4 is 5.32 Å². The molecule has 0 saturated carbocycles. The summed E-state index contributed by atoms with van der Waals surface area (Å²) in [5, 5.41) is 4.47. The largest absolute Gasteiger partial charge is 0.368 e. The van der Waals surface area contributed by atoms with Crippen molar-refractivity contribution < 1.29 is 0 Å². The van der Waals surface area contributed by atoms with Crippen molar-refractivity contribution >= 4 is 16.9 Å². The molecule has 5 heteroatoms. The van der Waals surface area contributed by atoms with Crippen molar-refractivity contribution in [3.05, 3.63) is 59.5 Å². The second kappa shape index (κ2) is 7.38. The predicted molar refractivity (Wildman–Crippen MR) is 106 cm³/mol. The number of hydrogen-bond acceptors (Lipinski definition) is 5. The highest BCUT2D eigenvalue weighted by Gasteiger charge is 2.24. The standard InChI is InChI=1S/C21H25N5/c1-15-6-3-4-7-18(15)17-9-12-26(14-17)13-11-23-21-19-8-5-10-22-20(19)24-16(2)25-21/h3-8,10,17H,9,11-14H2,1-2H3,(H,22,23,24,25)/t17-/m1/s1. The molecule has 1 aromatic carbocycles. The third-order valence-electron chi connectivity index (χ3n) is 5.20. The van der Waals surface area contributed by atoms with Crippen LogP contribution in [0.3, 0.4) is 0 Å². The molecule has 134 valence electrons. The number of nitrogens with zero attached hydrogens (tertiary/aromatic N) is 4. The Morgan fingerprint density at radius 3 is 2.88 bits per heavy atom. The van der Waals surface area contributed by atoms with Gasteiger partial charge in [0.15, 0.2) is 5.65 Å². The molecule has 1 N–H and O–H groups in total. The normalized spacial score (nSPS) is 17.7. The lowest BCUT2D eigenvalue weighted by molar-refractivity contribution is 0.347. The Hall–Kier alpha value is -2.53. The molecule has 26 heavy (non-hydrogen) atoms. The van der Waals surface area contributed by atoms with Crippen LogP contribution in [0.25, 0.3) is 11.0 Å². The summed E-state index contributed by atoms with van der Waals surface area (Å²) >= 11 is 0. The van der Waals surface area contributed by atoms with E-state index < -0.39 is 0 Å². The van der Waals surface area contributed by atoms with Crippen molar-refractivity contribution in [1.82, 2.24) is 19.9 Å². The number of anilines is 1. The number of likely N-dealkylation sites (tertiary alicyclic amines) is 1. The zero-order chi connectivity index (χ0) is 17.9. The molecular weight excluding hydrogens is 322 g/mol. The molecule has 1 aliphatic rings. The molecular formula is C21H25N5. The number of hydrogen-bond donors (Lipinski definition) is 1. The summed E-state index contributed by atoms with van der Waals surface area (Å²) in [6, 6.07) is 12.7. The molecule has 5 nitrogen and oxygen atoms in total. The fourth-order valence-electron chi connectivity index (χ4n) is 3.87. The highest BCUT2D eigenvalue weighted by molar-refractivity contribution is 5.86.